The lowest BCUT2D eigenvalue weighted by atomic mass is 9.97. The highest BCUT2D eigenvalue weighted by Gasteiger charge is 2.32. The van der Waals surface area contributed by atoms with Gasteiger partial charge in [-0.1, -0.05) is 68.3 Å². The van der Waals surface area contributed by atoms with Crippen LogP contribution in [-0.2, 0) is 36.6 Å². The van der Waals surface area contributed by atoms with Crippen LogP contribution in [0.25, 0.3) is 55.2 Å². The van der Waals surface area contributed by atoms with Gasteiger partial charge < -0.3 is 54.2 Å². The molecule has 0 bridgehead atoms. The highest BCUT2D eigenvalue weighted by atomic mass is 79.9. The van der Waals surface area contributed by atoms with Crippen molar-refractivity contribution in [2.24, 2.45) is 17.6 Å². The van der Waals surface area contributed by atoms with Crippen LogP contribution in [0, 0.1) is 67.2 Å². The van der Waals surface area contributed by atoms with E-state index in [2.05, 4.69) is 144 Å². The summed E-state index contributed by atoms with van der Waals surface area (Å²) in [5.74, 6) is 3.08. The van der Waals surface area contributed by atoms with Crippen LogP contribution in [0.1, 0.15) is 103 Å². The first-order valence-electron chi connectivity index (χ1n) is 31.4. The first-order valence-corrected chi connectivity index (χ1v) is 33.0. The number of aromatic nitrogens is 8. The number of carbonyl (C=O) groups is 3. The fourth-order valence-corrected chi connectivity index (χ4v) is 14.5. The number of esters is 2. The van der Waals surface area contributed by atoms with Gasteiger partial charge in [-0.15, -0.1) is 0 Å². The van der Waals surface area contributed by atoms with E-state index in [1.807, 2.05) is 74.8 Å². The number of fused-ring (bicyclic) bond motifs is 4. The van der Waals surface area contributed by atoms with Gasteiger partial charge in [0.15, 0.2) is 11.3 Å². The van der Waals surface area contributed by atoms with Crippen LogP contribution in [0.2, 0.25) is 0 Å². The molecule has 10 aromatic rings. The van der Waals surface area contributed by atoms with Crippen molar-refractivity contribution < 1.29 is 28.6 Å². The molecule has 2 aliphatic heterocycles. The number of aryl methyl sites for hydroxylation is 8. The minimum Gasteiger partial charge on any atom is -0.464 e. The Bertz CT molecular complexity index is 4300. The monoisotopic (exact) mass is 1360 g/mol. The lowest BCUT2D eigenvalue weighted by Gasteiger charge is -2.33. The Morgan fingerprint density at radius 3 is 1.43 bits per heavy atom. The molecule has 0 aliphatic carbocycles. The summed E-state index contributed by atoms with van der Waals surface area (Å²) in [7, 11) is 0. The number of nitrogens with zero attached hydrogens (tertiary/aromatic N) is 8. The van der Waals surface area contributed by atoms with Gasteiger partial charge in [0.05, 0.1) is 35.4 Å². The zero-order valence-corrected chi connectivity index (χ0v) is 57.1. The molecule has 91 heavy (non-hydrogen) atoms. The Labute approximate surface area is 548 Å². The molecule has 12 rings (SSSR count). The van der Waals surface area contributed by atoms with E-state index in [0.717, 1.165) is 162 Å². The SMILES string of the molecule is Cc1nc(N2CCC(COC(=O)[C@@H](N)Cc3c[nH]c4ccccc34)CC2)c2c(C)cn(-c3c(C)cc(Br)cc3C)c2n1.Cc1nc(N2CCC(COC(=O)[C@H](Cc3c[nH]c4ccccc34)NC(=O)OC(C)(C)C)CC2)c2c(C)cn(-c3c(C)cc(Br)cc3C)c2n1. The lowest BCUT2D eigenvalue weighted by Crippen LogP contribution is -2.46. The summed E-state index contributed by atoms with van der Waals surface area (Å²) >= 11 is 7.25. The minimum absolute atomic E-state index is 0.188. The smallest absolute Gasteiger partial charge is 0.408 e. The van der Waals surface area contributed by atoms with E-state index >= 15 is 0 Å². The average Bonchev–Trinajstić information content (AvgIpc) is 1.66. The summed E-state index contributed by atoms with van der Waals surface area (Å²) in [5, 5.41) is 7.01. The molecule has 2 atom stereocenters. The number of benzene rings is 4. The molecule has 0 unspecified atom stereocenters. The van der Waals surface area contributed by atoms with Gasteiger partial charge in [0.25, 0.3) is 0 Å². The normalized spacial score (nSPS) is 14.9. The Morgan fingerprint density at radius 2 is 1.00 bits per heavy atom. The molecule has 0 saturated carbocycles. The Hall–Kier alpha value is -8.07. The zero-order valence-electron chi connectivity index (χ0n) is 53.9. The molecule has 5 N–H and O–H groups in total. The van der Waals surface area contributed by atoms with E-state index < -0.39 is 29.7 Å². The van der Waals surface area contributed by atoms with Crippen molar-refractivity contribution in [1.29, 1.82) is 0 Å². The third kappa shape index (κ3) is 14.4. The van der Waals surface area contributed by atoms with Crippen molar-refractivity contribution in [3.05, 3.63) is 163 Å². The molecule has 1 amide bonds. The predicted molar refractivity (Wildman–Crippen MR) is 368 cm³/mol. The van der Waals surface area contributed by atoms with Gasteiger partial charge in [0.2, 0.25) is 0 Å². The van der Waals surface area contributed by atoms with E-state index in [1.165, 1.54) is 22.3 Å². The van der Waals surface area contributed by atoms with Gasteiger partial charge in [-0.05, 0) is 195 Å². The van der Waals surface area contributed by atoms with Gasteiger partial charge in [-0.2, -0.15) is 0 Å². The van der Waals surface area contributed by atoms with Crippen LogP contribution in [0.3, 0.4) is 0 Å². The number of ether oxygens (including phenoxy) is 3. The van der Waals surface area contributed by atoms with Crippen LogP contribution in [0.4, 0.5) is 16.4 Å². The number of hydrogen-bond acceptors (Lipinski definition) is 13. The molecular weight excluding hydrogens is 1280 g/mol. The fourth-order valence-electron chi connectivity index (χ4n) is 13.2. The van der Waals surface area contributed by atoms with Crippen molar-refractivity contribution in [3.8, 4) is 11.4 Å². The fraction of sp³-hybridized carbons (Fsp3) is 0.394. The van der Waals surface area contributed by atoms with Crippen molar-refractivity contribution in [1.82, 2.24) is 44.4 Å². The standard InChI is InChI=1S/C38H45BrN6O4.C33H37BrN6O2/c1-22-16-28(39)17-23(2)33(22)45-20-24(3)32-34(41-25(4)42-35(32)45)44-14-12-26(13-15-44)21-48-36(46)31(43-37(47)49-38(5,6)7)18-27-19-40-30-11-9-8-10-29(27)30;1-19-13-25(34)14-20(2)30(19)40-17-21(3)29-31(37-22(4)38-32(29)40)39-11-9-23(10-12-39)18-42-33(41)27(35)15-24-16-36-28-8-6-5-7-26(24)28/h8-11,16-17,19-20,26,31,40H,12-15,18,21H2,1-7H3,(H,43,47);5-8,13-14,16-17,23,27,36H,9-12,15,18,35H2,1-4H3/t31-;27-/m00/s1. The average molecular weight is 1360 g/mol. The Kier molecular flexibility index (Phi) is 19.1. The number of alkyl carbamates (subject to hydrolysis) is 1. The van der Waals surface area contributed by atoms with E-state index in [-0.39, 0.29) is 24.9 Å². The van der Waals surface area contributed by atoms with E-state index in [9.17, 15) is 14.4 Å². The van der Waals surface area contributed by atoms with E-state index in [1.54, 1.807) is 20.8 Å². The van der Waals surface area contributed by atoms with Crippen LogP contribution in [0.5, 0.6) is 0 Å². The number of halogens is 2. The van der Waals surface area contributed by atoms with Crippen molar-refractivity contribution >= 4 is 105 Å². The van der Waals surface area contributed by atoms with Gasteiger partial charge in [-0.3, -0.25) is 4.79 Å². The zero-order chi connectivity index (χ0) is 64.6. The third-order valence-electron chi connectivity index (χ3n) is 17.5. The molecule has 2 saturated heterocycles. The van der Waals surface area contributed by atoms with Crippen LogP contribution >= 0.6 is 31.9 Å². The van der Waals surface area contributed by atoms with Gasteiger partial charge in [0.1, 0.15) is 41.0 Å². The third-order valence-corrected chi connectivity index (χ3v) is 18.4. The van der Waals surface area contributed by atoms with Crippen LogP contribution in [0.15, 0.2) is 107 Å². The summed E-state index contributed by atoms with van der Waals surface area (Å²) in [6.07, 6.45) is 11.7. The maximum Gasteiger partial charge on any atom is 0.408 e. The van der Waals surface area contributed by atoms with Crippen LogP contribution in [-0.4, -0.2) is 114 Å². The van der Waals surface area contributed by atoms with Crippen molar-refractivity contribution in [2.45, 2.75) is 132 Å². The second-order valence-electron chi connectivity index (χ2n) is 25.8. The molecule has 8 heterocycles. The molecule has 2 aliphatic rings. The number of nitrogens with two attached hydrogens (primary N) is 1. The largest absolute Gasteiger partial charge is 0.464 e. The van der Waals surface area contributed by atoms with E-state index in [0.29, 0.717) is 18.9 Å². The molecule has 20 heteroatoms. The van der Waals surface area contributed by atoms with Gasteiger partial charge >= 0.3 is 18.0 Å². The number of H-pyrrole nitrogens is 2. The number of nitrogens with one attached hydrogen (secondary N) is 3. The minimum atomic E-state index is -0.892. The molecule has 0 spiro atoms. The summed E-state index contributed by atoms with van der Waals surface area (Å²) in [5.41, 5.74) is 20.6. The molecule has 2 fully saturated rings. The number of hydrogen-bond donors (Lipinski definition) is 4. The second-order valence-corrected chi connectivity index (χ2v) is 27.6. The number of para-hydroxylation sites is 2. The molecule has 18 nitrogen and oxygen atoms in total. The number of carbonyl (C=O) groups excluding carboxylic acids is 3. The molecule has 476 valence electrons. The number of aromatic amines is 2. The predicted octanol–water partition coefficient (Wildman–Crippen LogP) is 14.0. The maximum absolute atomic E-state index is 13.5. The highest BCUT2D eigenvalue weighted by Crippen LogP contribution is 2.38. The number of anilines is 2. The Balaban J connectivity index is 0.000000189. The van der Waals surface area contributed by atoms with Crippen LogP contribution < -0.4 is 20.9 Å². The van der Waals surface area contributed by atoms with E-state index in [4.69, 9.17) is 39.9 Å². The number of piperidine rings is 2. The summed E-state index contributed by atoms with van der Waals surface area (Å²) in [4.78, 5) is 69.9. The number of rotatable bonds is 15. The maximum atomic E-state index is 13.5. The summed E-state index contributed by atoms with van der Waals surface area (Å²) in [6.45, 7) is 26.0. The molecule has 4 aromatic carbocycles. The highest BCUT2D eigenvalue weighted by molar-refractivity contribution is 9.10. The summed E-state index contributed by atoms with van der Waals surface area (Å²) < 4.78 is 23.6. The second kappa shape index (κ2) is 27.0. The van der Waals surface area contributed by atoms with Crippen molar-refractivity contribution in [3.63, 3.8) is 0 Å². The molecule has 6 aromatic heterocycles. The lowest BCUT2D eigenvalue weighted by molar-refractivity contribution is -0.148. The summed E-state index contributed by atoms with van der Waals surface area (Å²) in [6, 6.07) is 22.9. The Morgan fingerprint density at radius 1 is 0.593 bits per heavy atom. The van der Waals surface area contributed by atoms with Gasteiger partial charge in [0, 0.05) is 94.6 Å². The van der Waals surface area contributed by atoms with Crippen molar-refractivity contribution in [2.75, 3.05) is 49.2 Å². The topological polar surface area (TPSA) is 216 Å². The molecular formula is C71H82Br2N12O6. The first kappa shape index (κ1) is 64.5. The quantitative estimate of drug-likeness (QED) is 0.0556. The first-order chi connectivity index (χ1) is 43.5. The molecule has 0 radical (unpaired) electrons. The van der Waals surface area contributed by atoms with Gasteiger partial charge in [-0.25, -0.2) is 29.5 Å². The number of amides is 1.